The fourth-order valence-corrected chi connectivity index (χ4v) is 2.48. The molecule has 0 spiro atoms. The van der Waals surface area contributed by atoms with Crippen molar-refractivity contribution in [2.45, 2.75) is 39.0 Å². The molecular formula is C12H21N3O2. The van der Waals surface area contributed by atoms with E-state index in [9.17, 15) is 0 Å². The number of anilines is 1. The van der Waals surface area contributed by atoms with Crippen LogP contribution in [0.1, 0.15) is 30.6 Å². The molecule has 5 nitrogen and oxygen atoms in total. The number of nitrogens with zero attached hydrogens (tertiary/aromatic N) is 2. The first kappa shape index (κ1) is 12.4. The SMILES string of the molecule is CCc1nn2c(c1C)NCCC2C(OC)OC. The van der Waals surface area contributed by atoms with Crippen molar-refractivity contribution in [1.82, 2.24) is 9.78 Å². The second kappa shape index (κ2) is 5.06. The van der Waals surface area contributed by atoms with Gasteiger partial charge in [-0.2, -0.15) is 5.10 Å². The van der Waals surface area contributed by atoms with Gasteiger partial charge >= 0.3 is 0 Å². The maximum atomic E-state index is 5.37. The first-order chi connectivity index (χ1) is 8.22. The molecule has 0 fully saturated rings. The minimum absolute atomic E-state index is 0.153. The number of aromatic nitrogens is 2. The average Bonchev–Trinajstić information content (AvgIpc) is 2.69. The van der Waals surface area contributed by atoms with Crippen molar-refractivity contribution >= 4 is 5.82 Å². The highest BCUT2D eigenvalue weighted by Gasteiger charge is 2.30. The average molecular weight is 239 g/mol. The van der Waals surface area contributed by atoms with Crippen LogP contribution in [0.25, 0.3) is 0 Å². The highest BCUT2D eigenvalue weighted by molar-refractivity contribution is 5.48. The third kappa shape index (κ3) is 2.05. The number of methoxy groups -OCH3 is 2. The molecule has 1 aliphatic heterocycles. The molecule has 1 atom stereocenters. The summed E-state index contributed by atoms with van der Waals surface area (Å²) < 4.78 is 12.8. The Kier molecular flexibility index (Phi) is 3.69. The Hall–Kier alpha value is -1.07. The Morgan fingerprint density at radius 1 is 1.47 bits per heavy atom. The topological polar surface area (TPSA) is 48.3 Å². The summed E-state index contributed by atoms with van der Waals surface area (Å²) in [5, 5.41) is 8.07. The lowest BCUT2D eigenvalue weighted by molar-refractivity contribution is -0.135. The fourth-order valence-electron chi connectivity index (χ4n) is 2.48. The maximum absolute atomic E-state index is 5.37. The van der Waals surface area contributed by atoms with Crippen LogP contribution >= 0.6 is 0 Å². The molecule has 0 amide bonds. The summed E-state index contributed by atoms with van der Waals surface area (Å²) in [6.45, 7) is 5.17. The zero-order chi connectivity index (χ0) is 12.4. The van der Waals surface area contributed by atoms with Gasteiger partial charge in [-0.05, 0) is 19.8 Å². The number of ether oxygens (including phenoxy) is 2. The van der Waals surface area contributed by atoms with E-state index in [0.717, 1.165) is 30.9 Å². The molecule has 0 saturated carbocycles. The molecule has 0 radical (unpaired) electrons. The first-order valence-electron chi connectivity index (χ1n) is 6.10. The van der Waals surface area contributed by atoms with Crippen molar-refractivity contribution in [1.29, 1.82) is 0 Å². The van der Waals surface area contributed by atoms with Crippen LogP contribution in [0.15, 0.2) is 0 Å². The third-order valence-electron chi connectivity index (χ3n) is 3.41. The number of rotatable bonds is 4. The molecule has 2 rings (SSSR count). The summed E-state index contributed by atoms with van der Waals surface area (Å²) in [4.78, 5) is 0. The van der Waals surface area contributed by atoms with Gasteiger partial charge in [0.15, 0.2) is 6.29 Å². The Morgan fingerprint density at radius 3 is 2.76 bits per heavy atom. The zero-order valence-electron chi connectivity index (χ0n) is 11.0. The lowest BCUT2D eigenvalue weighted by Gasteiger charge is -2.30. The van der Waals surface area contributed by atoms with E-state index in [1.165, 1.54) is 5.56 Å². The molecule has 1 aromatic heterocycles. The van der Waals surface area contributed by atoms with Crippen molar-refractivity contribution in [2.75, 3.05) is 26.1 Å². The van der Waals surface area contributed by atoms with Gasteiger partial charge in [0.05, 0.1) is 5.69 Å². The summed E-state index contributed by atoms with van der Waals surface area (Å²) in [6, 6.07) is 0.153. The van der Waals surface area contributed by atoms with Gasteiger partial charge in [0, 0.05) is 26.3 Å². The molecule has 1 N–H and O–H groups in total. The molecule has 0 bridgehead atoms. The molecule has 96 valence electrons. The molecular weight excluding hydrogens is 218 g/mol. The molecule has 17 heavy (non-hydrogen) atoms. The Labute approximate surface area is 102 Å². The van der Waals surface area contributed by atoms with Gasteiger partial charge in [-0.1, -0.05) is 6.92 Å². The Balaban J connectivity index is 2.37. The predicted octanol–water partition coefficient (Wildman–Crippen LogP) is 1.73. The van der Waals surface area contributed by atoms with Gasteiger partial charge in [-0.25, -0.2) is 4.68 Å². The minimum atomic E-state index is -0.236. The zero-order valence-corrected chi connectivity index (χ0v) is 11.0. The second-order valence-electron chi connectivity index (χ2n) is 4.34. The van der Waals surface area contributed by atoms with Gasteiger partial charge in [-0.15, -0.1) is 0 Å². The smallest absolute Gasteiger partial charge is 0.179 e. The van der Waals surface area contributed by atoms with Gasteiger partial charge in [0.1, 0.15) is 11.9 Å². The fraction of sp³-hybridized carbons (Fsp3) is 0.750. The largest absolute Gasteiger partial charge is 0.370 e. The van der Waals surface area contributed by atoms with Crippen LogP contribution in [0.2, 0.25) is 0 Å². The standard InChI is InChI=1S/C12H21N3O2/c1-5-9-8(2)11-13-7-6-10(15(11)14-9)12(16-3)17-4/h10,12-13H,5-7H2,1-4H3. The van der Waals surface area contributed by atoms with E-state index in [1.54, 1.807) is 14.2 Å². The number of fused-ring (bicyclic) bond motifs is 1. The molecule has 0 aromatic carbocycles. The minimum Gasteiger partial charge on any atom is -0.370 e. The third-order valence-corrected chi connectivity index (χ3v) is 3.41. The van der Waals surface area contributed by atoms with E-state index >= 15 is 0 Å². The number of hydrogen-bond acceptors (Lipinski definition) is 4. The Morgan fingerprint density at radius 2 is 2.18 bits per heavy atom. The summed E-state index contributed by atoms with van der Waals surface area (Å²) in [7, 11) is 3.35. The van der Waals surface area contributed by atoms with Crippen molar-refractivity contribution in [3.05, 3.63) is 11.3 Å². The van der Waals surface area contributed by atoms with E-state index in [2.05, 4.69) is 24.3 Å². The second-order valence-corrected chi connectivity index (χ2v) is 4.34. The molecule has 0 saturated heterocycles. The molecule has 1 unspecified atom stereocenters. The van der Waals surface area contributed by atoms with E-state index in [1.807, 2.05) is 4.68 Å². The number of aryl methyl sites for hydroxylation is 1. The van der Waals surface area contributed by atoms with Crippen LogP contribution in [0, 0.1) is 6.92 Å². The summed E-state index contributed by atoms with van der Waals surface area (Å²) >= 11 is 0. The molecule has 1 aliphatic rings. The summed E-state index contributed by atoms with van der Waals surface area (Å²) in [5.74, 6) is 1.11. The van der Waals surface area contributed by atoms with Crippen molar-refractivity contribution < 1.29 is 9.47 Å². The Bertz CT molecular complexity index is 385. The van der Waals surface area contributed by atoms with E-state index in [-0.39, 0.29) is 12.3 Å². The van der Waals surface area contributed by atoms with E-state index in [0.29, 0.717) is 0 Å². The lowest BCUT2D eigenvalue weighted by Crippen LogP contribution is -2.34. The first-order valence-corrected chi connectivity index (χ1v) is 6.10. The van der Waals surface area contributed by atoms with Crippen molar-refractivity contribution in [3.8, 4) is 0 Å². The number of nitrogens with one attached hydrogen (secondary N) is 1. The van der Waals surface area contributed by atoms with Gasteiger partial charge in [0.2, 0.25) is 0 Å². The quantitative estimate of drug-likeness (QED) is 0.813. The maximum Gasteiger partial charge on any atom is 0.179 e. The van der Waals surface area contributed by atoms with Crippen LogP contribution in [0.4, 0.5) is 5.82 Å². The van der Waals surface area contributed by atoms with E-state index < -0.39 is 0 Å². The van der Waals surface area contributed by atoms with Gasteiger partial charge in [0.25, 0.3) is 0 Å². The van der Waals surface area contributed by atoms with Crippen LogP contribution in [0.5, 0.6) is 0 Å². The predicted molar refractivity (Wildman–Crippen MR) is 66.3 cm³/mol. The monoisotopic (exact) mass is 239 g/mol. The number of hydrogen-bond donors (Lipinski definition) is 1. The summed E-state index contributed by atoms with van der Waals surface area (Å²) in [6.07, 6.45) is 1.67. The molecule has 0 aliphatic carbocycles. The van der Waals surface area contributed by atoms with Crippen molar-refractivity contribution in [2.24, 2.45) is 0 Å². The van der Waals surface area contributed by atoms with Gasteiger partial charge in [-0.3, -0.25) is 0 Å². The lowest BCUT2D eigenvalue weighted by atomic mass is 10.1. The molecule has 2 heterocycles. The molecule has 1 aromatic rings. The van der Waals surface area contributed by atoms with E-state index in [4.69, 9.17) is 9.47 Å². The van der Waals surface area contributed by atoms with Crippen LogP contribution in [-0.4, -0.2) is 36.8 Å². The normalized spacial score (nSPS) is 19.2. The van der Waals surface area contributed by atoms with Crippen LogP contribution < -0.4 is 5.32 Å². The molecule has 5 heteroatoms. The highest BCUT2D eigenvalue weighted by atomic mass is 16.7. The van der Waals surface area contributed by atoms with Crippen LogP contribution in [-0.2, 0) is 15.9 Å². The van der Waals surface area contributed by atoms with Gasteiger partial charge < -0.3 is 14.8 Å². The highest BCUT2D eigenvalue weighted by Crippen LogP contribution is 2.31. The van der Waals surface area contributed by atoms with Crippen LogP contribution in [0.3, 0.4) is 0 Å². The summed E-state index contributed by atoms with van der Waals surface area (Å²) in [5.41, 5.74) is 2.38. The van der Waals surface area contributed by atoms with Crippen molar-refractivity contribution in [3.63, 3.8) is 0 Å².